The average molecular weight is 483 g/mol. The Morgan fingerprint density at radius 2 is 2.07 bits per heavy atom. The van der Waals surface area contributed by atoms with Crippen LogP contribution in [0.4, 0.5) is 13.2 Å². The Balaban J connectivity index is 1.70. The Hall–Kier alpha value is -1.55. The SMILES string of the molecule is CCn1ncc(Cl)c1CN(C)C(=O)CCn1nc(C(F)(F)F)c(Br)c1C1CC1. The molecule has 1 fully saturated rings. The number of amides is 1. The van der Waals surface area contributed by atoms with Gasteiger partial charge in [-0.25, -0.2) is 0 Å². The summed E-state index contributed by atoms with van der Waals surface area (Å²) in [4.78, 5) is 14.0. The summed E-state index contributed by atoms with van der Waals surface area (Å²) < 4.78 is 42.5. The molecule has 2 heterocycles. The number of aromatic nitrogens is 4. The first kappa shape index (κ1) is 21.2. The van der Waals surface area contributed by atoms with Crippen LogP contribution in [0.5, 0.6) is 0 Å². The molecule has 6 nitrogen and oxygen atoms in total. The van der Waals surface area contributed by atoms with Gasteiger partial charge in [0.2, 0.25) is 5.91 Å². The molecule has 11 heteroatoms. The first-order valence-corrected chi connectivity index (χ1v) is 10.1. The number of carbonyl (C=O) groups excluding carboxylic acids is 1. The van der Waals surface area contributed by atoms with Crippen LogP contribution in [0.15, 0.2) is 10.7 Å². The zero-order chi connectivity index (χ0) is 20.6. The number of hydrogen-bond donors (Lipinski definition) is 0. The van der Waals surface area contributed by atoms with Gasteiger partial charge in [0.25, 0.3) is 0 Å². The molecule has 1 aliphatic carbocycles. The van der Waals surface area contributed by atoms with Gasteiger partial charge in [-0.05, 0) is 35.7 Å². The number of aryl methyl sites for hydroxylation is 2. The molecular weight excluding hydrogens is 463 g/mol. The zero-order valence-electron chi connectivity index (χ0n) is 15.4. The monoisotopic (exact) mass is 481 g/mol. The van der Waals surface area contributed by atoms with Gasteiger partial charge >= 0.3 is 6.18 Å². The summed E-state index contributed by atoms with van der Waals surface area (Å²) in [5, 5.41) is 8.34. The number of hydrogen-bond acceptors (Lipinski definition) is 3. The lowest BCUT2D eigenvalue weighted by molar-refractivity contribution is -0.142. The van der Waals surface area contributed by atoms with Crippen LogP contribution < -0.4 is 0 Å². The lowest BCUT2D eigenvalue weighted by Crippen LogP contribution is -2.28. The molecule has 0 aliphatic heterocycles. The van der Waals surface area contributed by atoms with E-state index in [1.165, 1.54) is 15.8 Å². The lowest BCUT2D eigenvalue weighted by Gasteiger charge is -2.18. The van der Waals surface area contributed by atoms with Gasteiger partial charge in [0, 0.05) is 25.9 Å². The molecule has 1 saturated carbocycles. The molecule has 1 aliphatic rings. The van der Waals surface area contributed by atoms with Crippen LogP contribution in [-0.4, -0.2) is 37.4 Å². The summed E-state index contributed by atoms with van der Waals surface area (Å²) in [7, 11) is 1.63. The maximum atomic E-state index is 13.2. The van der Waals surface area contributed by atoms with Crippen LogP contribution in [-0.2, 0) is 30.6 Å². The lowest BCUT2D eigenvalue weighted by atomic mass is 10.2. The highest BCUT2D eigenvalue weighted by Gasteiger charge is 2.41. The van der Waals surface area contributed by atoms with Crippen molar-refractivity contribution >= 4 is 33.4 Å². The van der Waals surface area contributed by atoms with Crippen molar-refractivity contribution < 1.29 is 18.0 Å². The summed E-state index contributed by atoms with van der Waals surface area (Å²) in [6.45, 7) is 2.90. The van der Waals surface area contributed by atoms with Crippen molar-refractivity contribution in [2.24, 2.45) is 0 Å². The molecule has 0 saturated heterocycles. The first-order chi connectivity index (χ1) is 13.1. The third-order valence-corrected chi connectivity index (χ3v) is 5.81. The van der Waals surface area contributed by atoms with Gasteiger partial charge in [-0.3, -0.25) is 14.2 Å². The molecule has 0 N–H and O–H groups in total. The van der Waals surface area contributed by atoms with Gasteiger partial charge in [-0.2, -0.15) is 23.4 Å². The van der Waals surface area contributed by atoms with Gasteiger partial charge in [-0.15, -0.1) is 0 Å². The minimum Gasteiger partial charge on any atom is -0.340 e. The molecule has 154 valence electrons. The van der Waals surface area contributed by atoms with Crippen molar-refractivity contribution in [1.82, 2.24) is 24.5 Å². The van der Waals surface area contributed by atoms with Gasteiger partial charge in [0.1, 0.15) is 0 Å². The minimum atomic E-state index is -4.54. The predicted molar refractivity (Wildman–Crippen MR) is 101 cm³/mol. The minimum absolute atomic E-state index is 0.0121. The van der Waals surface area contributed by atoms with E-state index < -0.39 is 11.9 Å². The van der Waals surface area contributed by atoms with Gasteiger partial charge < -0.3 is 4.90 Å². The fourth-order valence-corrected chi connectivity index (χ4v) is 4.11. The fourth-order valence-electron chi connectivity index (χ4n) is 3.07. The van der Waals surface area contributed by atoms with Crippen LogP contribution >= 0.6 is 27.5 Å². The van der Waals surface area contributed by atoms with Crippen molar-refractivity contribution in [3.8, 4) is 0 Å². The molecule has 3 rings (SSSR count). The summed E-state index contributed by atoms with van der Waals surface area (Å²) in [5.74, 6) is -0.148. The smallest absolute Gasteiger partial charge is 0.340 e. The molecule has 28 heavy (non-hydrogen) atoms. The second-order valence-electron chi connectivity index (χ2n) is 6.80. The van der Waals surface area contributed by atoms with Crippen LogP contribution in [0.2, 0.25) is 5.02 Å². The highest BCUT2D eigenvalue weighted by molar-refractivity contribution is 9.10. The van der Waals surface area contributed by atoms with E-state index >= 15 is 0 Å². The van der Waals surface area contributed by atoms with Crippen LogP contribution in [0.1, 0.15) is 49.2 Å². The van der Waals surface area contributed by atoms with E-state index in [1.54, 1.807) is 11.7 Å². The van der Waals surface area contributed by atoms with E-state index in [-0.39, 0.29) is 35.8 Å². The molecule has 0 unspecified atom stereocenters. The number of carbonyl (C=O) groups is 1. The fraction of sp³-hybridized carbons (Fsp3) is 0.588. The summed E-state index contributed by atoms with van der Waals surface area (Å²) in [6, 6.07) is 0. The largest absolute Gasteiger partial charge is 0.436 e. The molecule has 0 radical (unpaired) electrons. The van der Waals surface area contributed by atoms with E-state index in [2.05, 4.69) is 26.1 Å². The second kappa shape index (κ2) is 8.06. The third kappa shape index (κ3) is 4.37. The van der Waals surface area contributed by atoms with Crippen LogP contribution in [0, 0.1) is 0 Å². The van der Waals surface area contributed by atoms with Crippen molar-refractivity contribution in [2.75, 3.05) is 7.05 Å². The predicted octanol–water partition coefficient (Wildman–Crippen LogP) is 4.46. The van der Waals surface area contributed by atoms with E-state index in [9.17, 15) is 18.0 Å². The normalized spacial score (nSPS) is 14.5. The van der Waals surface area contributed by atoms with Gasteiger partial charge in [-0.1, -0.05) is 11.6 Å². The van der Waals surface area contributed by atoms with Gasteiger partial charge in [0.05, 0.1) is 40.2 Å². The number of halogens is 5. The Labute approximate surface area is 173 Å². The molecule has 0 spiro atoms. The van der Waals surface area contributed by atoms with Gasteiger partial charge in [0.15, 0.2) is 5.69 Å². The Morgan fingerprint density at radius 1 is 1.39 bits per heavy atom. The summed E-state index contributed by atoms with van der Waals surface area (Å²) in [6.07, 6.45) is -1.31. The molecule has 0 bridgehead atoms. The molecule has 2 aromatic rings. The van der Waals surface area contributed by atoms with Crippen LogP contribution in [0.3, 0.4) is 0 Å². The summed E-state index contributed by atoms with van der Waals surface area (Å²) in [5.41, 5.74) is 0.309. The summed E-state index contributed by atoms with van der Waals surface area (Å²) >= 11 is 9.18. The number of nitrogens with zero attached hydrogens (tertiary/aromatic N) is 5. The first-order valence-electron chi connectivity index (χ1n) is 8.91. The zero-order valence-corrected chi connectivity index (χ0v) is 17.8. The van der Waals surface area contributed by atoms with E-state index in [4.69, 9.17) is 11.6 Å². The standard InChI is InChI=1S/C17H20BrClF3N5O/c1-3-26-12(11(19)8-23-26)9-25(2)13(28)6-7-27-15(10-4-5-10)14(18)16(24-27)17(20,21)22/h8,10H,3-7,9H2,1-2H3. The van der Waals surface area contributed by atoms with E-state index in [1.807, 2.05) is 6.92 Å². The quantitative estimate of drug-likeness (QED) is 0.585. The molecule has 1 amide bonds. The maximum absolute atomic E-state index is 13.2. The Bertz CT molecular complexity index is 875. The third-order valence-electron chi connectivity index (χ3n) is 4.71. The highest BCUT2D eigenvalue weighted by atomic mass is 79.9. The van der Waals surface area contributed by atoms with E-state index in [0.29, 0.717) is 17.3 Å². The van der Waals surface area contributed by atoms with Crippen molar-refractivity contribution in [3.63, 3.8) is 0 Å². The Kier molecular flexibility index (Phi) is 6.09. The number of alkyl halides is 3. The van der Waals surface area contributed by atoms with Crippen molar-refractivity contribution in [2.45, 2.75) is 57.9 Å². The molecule has 0 atom stereocenters. The maximum Gasteiger partial charge on any atom is 0.436 e. The topological polar surface area (TPSA) is 56.0 Å². The second-order valence-corrected chi connectivity index (χ2v) is 8.00. The highest BCUT2D eigenvalue weighted by Crippen LogP contribution is 2.47. The van der Waals surface area contributed by atoms with Crippen molar-refractivity contribution in [1.29, 1.82) is 0 Å². The average Bonchev–Trinajstić information content (AvgIpc) is 3.31. The Morgan fingerprint density at radius 3 is 2.64 bits per heavy atom. The number of rotatable bonds is 7. The van der Waals surface area contributed by atoms with Crippen LogP contribution in [0.25, 0.3) is 0 Å². The van der Waals surface area contributed by atoms with Crippen molar-refractivity contribution in [3.05, 3.63) is 32.8 Å². The molecule has 2 aromatic heterocycles. The van der Waals surface area contributed by atoms with E-state index in [0.717, 1.165) is 18.5 Å². The molecule has 0 aromatic carbocycles. The molecular formula is C17H20BrClF3N5O.